The molecule has 0 aromatic heterocycles. The molecule has 0 aliphatic carbocycles. The van der Waals surface area contributed by atoms with Crippen LogP contribution in [0.3, 0.4) is 0 Å². The van der Waals surface area contributed by atoms with E-state index in [9.17, 15) is 0 Å². The fourth-order valence-electron chi connectivity index (χ4n) is 0. The molecule has 0 unspecified atom stereocenters. The maximum atomic E-state index is 0. The van der Waals surface area contributed by atoms with Gasteiger partial charge in [-0.1, -0.05) is 0 Å². The molecule has 0 saturated carbocycles. The van der Waals surface area contributed by atoms with Gasteiger partial charge in [0.2, 0.25) is 0 Å². The van der Waals surface area contributed by atoms with Gasteiger partial charge < -0.3 is 16.4 Å². The van der Waals surface area contributed by atoms with Crippen molar-refractivity contribution >= 4 is 80.5 Å². The molecule has 0 saturated heterocycles. The first kappa shape index (κ1) is 114. The average molecular weight is 246 g/mol. The molecule has 2 radical (unpaired) electrons. The van der Waals surface area contributed by atoms with Crippen LogP contribution in [0.4, 0.5) is 0 Å². The van der Waals surface area contributed by atoms with Crippen LogP contribution >= 0.6 is 0 Å². The summed E-state index contributed by atoms with van der Waals surface area (Å²) in [5.74, 6) is 0. The first-order valence-corrected chi connectivity index (χ1v) is 0. The van der Waals surface area contributed by atoms with Crippen LogP contribution in [0.1, 0.15) is 0 Å². The van der Waals surface area contributed by atoms with Gasteiger partial charge in [-0.05, 0) is 0 Å². The van der Waals surface area contributed by atoms with Crippen molar-refractivity contribution in [2.24, 2.45) is 0 Å². The molecule has 3 nitrogen and oxygen atoms in total. The average Bonchev–Trinajstić information content (AvgIpc) is 0. The maximum absolute atomic E-state index is 0. The fraction of sp³-hybridized carbons (Fsp3) is 0. The Bertz CT molecular complexity index is 14.5. The fourth-order valence-corrected chi connectivity index (χ4v) is 0. The van der Waals surface area contributed by atoms with Gasteiger partial charge in [-0.2, -0.15) is 0 Å². The number of hydrogen-bond donors (Lipinski definition) is 0. The number of hydrogen-bond acceptors (Lipinski definition) is 0. The quantitative estimate of drug-likeness (QED) is 0.382. The summed E-state index contributed by atoms with van der Waals surface area (Å²) in [7, 11) is 0. The third-order valence-corrected chi connectivity index (χ3v) is 0. The van der Waals surface area contributed by atoms with Gasteiger partial charge in [-0.3, -0.25) is 0 Å². The molecule has 0 aliphatic rings. The Hall–Kier alpha value is 3.19. The standard InChI is InChI=1S/3Li.3H2O.Sn.Ti.5H/h;;;3*1H2;;;;;;;. The van der Waals surface area contributed by atoms with E-state index in [0.717, 1.165) is 0 Å². The molecular weight excluding hydrogens is 235 g/mol. The van der Waals surface area contributed by atoms with Gasteiger partial charge in [-0.15, -0.1) is 0 Å². The molecule has 0 spiro atoms. The molecule has 8 heavy (non-hydrogen) atoms. The molecule has 40 valence electrons. The first-order chi connectivity index (χ1) is 0. The third kappa shape index (κ3) is 60.7. The zero-order valence-corrected chi connectivity index (χ0v) is 8.30. The minimum absolute atomic E-state index is 0. The summed E-state index contributed by atoms with van der Waals surface area (Å²) in [5, 5.41) is 0. The third-order valence-electron chi connectivity index (χ3n) is 0. The van der Waals surface area contributed by atoms with E-state index in [-0.39, 0.29) is 119 Å². The molecule has 0 atom stereocenters. The van der Waals surface area contributed by atoms with Crippen molar-refractivity contribution in [1.29, 1.82) is 0 Å². The van der Waals surface area contributed by atoms with E-state index < -0.39 is 0 Å². The molecule has 8 heteroatoms. The zero-order valence-electron chi connectivity index (χ0n) is 2.71. The van der Waals surface area contributed by atoms with E-state index in [1.165, 1.54) is 0 Å². The summed E-state index contributed by atoms with van der Waals surface area (Å²) in [5.41, 5.74) is 0. The Morgan fingerprint density at radius 3 is 0.500 bits per heavy atom. The van der Waals surface area contributed by atoms with E-state index in [1.54, 1.807) is 0 Å². The van der Waals surface area contributed by atoms with Gasteiger partial charge in [0, 0.05) is 21.7 Å². The van der Waals surface area contributed by atoms with Crippen LogP contribution in [0.25, 0.3) is 0 Å². The van der Waals surface area contributed by atoms with Crippen molar-refractivity contribution in [3.8, 4) is 0 Å². The molecule has 0 rings (SSSR count). The van der Waals surface area contributed by atoms with Crippen molar-refractivity contribution in [2.75, 3.05) is 0 Å². The summed E-state index contributed by atoms with van der Waals surface area (Å²) < 4.78 is 0. The van der Waals surface area contributed by atoms with E-state index in [2.05, 4.69) is 0 Å². The van der Waals surface area contributed by atoms with Crippen molar-refractivity contribution in [1.82, 2.24) is 0 Å². The van der Waals surface area contributed by atoms with E-state index in [4.69, 9.17) is 0 Å². The largest absolute Gasteiger partial charge is 0 e. The Balaban J connectivity index is 0. The minimum Gasteiger partial charge on any atom is 0 e. The molecule has 0 fully saturated rings. The normalized spacial score (nSPS) is 0. The topological polar surface area (TPSA) is 94.5 Å². The molecular formula is H11Li3O3SnTi. The predicted octanol–water partition coefficient (Wildman–Crippen LogP) is -5.34. The van der Waals surface area contributed by atoms with E-state index in [1.807, 2.05) is 0 Å². The van der Waals surface area contributed by atoms with Crippen molar-refractivity contribution in [3.05, 3.63) is 0 Å². The van der Waals surface area contributed by atoms with Crippen molar-refractivity contribution < 1.29 is 38.1 Å². The van der Waals surface area contributed by atoms with Crippen LogP contribution in [-0.4, -0.2) is 96.9 Å². The van der Waals surface area contributed by atoms with Gasteiger partial charge in [0.25, 0.3) is 0 Å². The van der Waals surface area contributed by atoms with Crippen LogP contribution < -0.4 is 0 Å². The molecule has 0 amide bonds. The minimum atomic E-state index is 0. The van der Waals surface area contributed by atoms with Crippen LogP contribution in [-0.2, 0) is 21.7 Å². The molecule has 0 aliphatic heterocycles. The van der Waals surface area contributed by atoms with Gasteiger partial charge in [0.05, 0.1) is 0 Å². The molecule has 6 N–H and O–H groups in total. The Morgan fingerprint density at radius 2 is 0.500 bits per heavy atom. The second-order valence-electron chi connectivity index (χ2n) is 0. The Kier molecular flexibility index (Phi) is 1210. The summed E-state index contributed by atoms with van der Waals surface area (Å²) in [6, 6.07) is 0. The molecule has 0 heterocycles. The predicted molar refractivity (Wildman–Crippen MR) is 40.8 cm³/mol. The van der Waals surface area contributed by atoms with Crippen LogP contribution in [0.2, 0.25) is 0 Å². The van der Waals surface area contributed by atoms with Gasteiger partial charge in [0.1, 0.15) is 0 Å². The Morgan fingerprint density at radius 1 is 0.500 bits per heavy atom. The van der Waals surface area contributed by atoms with Crippen LogP contribution in [0.5, 0.6) is 0 Å². The second-order valence-corrected chi connectivity index (χ2v) is 0. The smallest absolute Gasteiger partial charge is 0 e. The molecule has 0 bridgehead atoms. The Labute approximate surface area is 117 Å². The summed E-state index contributed by atoms with van der Waals surface area (Å²) in [4.78, 5) is 0. The first-order valence-electron chi connectivity index (χ1n) is 0. The monoisotopic (exact) mass is 248 g/mol. The van der Waals surface area contributed by atoms with Gasteiger partial charge >= 0.3 is 80.5 Å². The van der Waals surface area contributed by atoms with Crippen LogP contribution in [0.15, 0.2) is 0 Å². The summed E-state index contributed by atoms with van der Waals surface area (Å²) >= 11 is 0. The number of rotatable bonds is 0. The van der Waals surface area contributed by atoms with Gasteiger partial charge in [-0.25, -0.2) is 0 Å². The second kappa shape index (κ2) is 84.7. The summed E-state index contributed by atoms with van der Waals surface area (Å²) in [6.45, 7) is 0. The van der Waals surface area contributed by atoms with Crippen molar-refractivity contribution in [3.63, 3.8) is 0 Å². The van der Waals surface area contributed by atoms with E-state index in [0.29, 0.717) is 0 Å². The van der Waals surface area contributed by atoms with E-state index >= 15 is 0 Å². The SMILES string of the molecule is O.O.O.[LiH].[LiH].[LiH].[SnH2].[Ti]. The summed E-state index contributed by atoms with van der Waals surface area (Å²) in [6.07, 6.45) is 0. The van der Waals surface area contributed by atoms with Crippen molar-refractivity contribution in [2.45, 2.75) is 0 Å². The maximum Gasteiger partial charge on any atom is 0 e. The molecule has 0 aromatic carbocycles. The molecule has 0 aromatic rings. The van der Waals surface area contributed by atoms with Gasteiger partial charge in [0.15, 0.2) is 0 Å². The zero-order chi connectivity index (χ0) is 0. The van der Waals surface area contributed by atoms with Crippen LogP contribution in [0, 0.1) is 0 Å².